The highest BCUT2D eigenvalue weighted by atomic mass is 14.8. The molecule has 0 heterocycles. The van der Waals surface area contributed by atoms with E-state index in [9.17, 15) is 0 Å². The van der Waals surface area contributed by atoms with Crippen molar-refractivity contribution in [3.63, 3.8) is 0 Å². The lowest BCUT2D eigenvalue weighted by Gasteiger charge is -2.02. The third-order valence-electron chi connectivity index (χ3n) is 2.01. The first-order valence-electron chi connectivity index (χ1n) is 4.64. The van der Waals surface area contributed by atoms with Gasteiger partial charge in [0.25, 0.3) is 0 Å². The number of nitrogens with zero attached hydrogens (tertiary/aromatic N) is 2. The van der Waals surface area contributed by atoms with Crippen LogP contribution in [0.4, 0.5) is 0 Å². The summed E-state index contributed by atoms with van der Waals surface area (Å²) in [5.74, 6) is 0.396. The molecule has 0 bridgehead atoms. The molecule has 0 aromatic carbocycles. The Kier molecular flexibility index (Phi) is 3.62. The zero-order chi connectivity index (χ0) is 9.68. The molecule has 0 saturated heterocycles. The number of hydrogen-bond donors (Lipinski definition) is 0. The Hall–Kier alpha value is -1.18. The van der Waals surface area contributed by atoms with Crippen molar-refractivity contribution in [3.05, 3.63) is 24.0 Å². The maximum absolute atomic E-state index is 4.35. The second-order valence-corrected chi connectivity index (χ2v) is 3.43. The van der Waals surface area contributed by atoms with Crippen LogP contribution in [0.3, 0.4) is 0 Å². The number of rotatable bonds is 3. The number of allylic oxidation sites excluding steroid dienone is 3. The van der Waals surface area contributed by atoms with Crippen molar-refractivity contribution < 1.29 is 0 Å². The normalized spacial score (nSPS) is 20.2. The van der Waals surface area contributed by atoms with E-state index in [4.69, 9.17) is 0 Å². The summed E-state index contributed by atoms with van der Waals surface area (Å²) in [6.45, 7) is 7.70. The summed E-state index contributed by atoms with van der Waals surface area (Å²) >= 11 is 0. The van der Waals surface area contributed by atoms with Crippen LogP contribution in [0, 0.1) is 5.92 Å². The van der Waals surface area contributed by atoms with Crippen LogP contribution in [-0.2, 0) is 0 Å². The van der Waals surface area contributed by atoms with Crippen LogP contribution in [0.2, 0.25) is 0 Å². The molecular weight excluding hydrogens is 160 g/mol. The minimum Gasteiger partial charge on any atom is -0.267 e. The van der Waals surface area contributed by atoms with Gasteiger partial charge in [0, 0.05) is 11.9 Å². The summed E-state index contributed by atoms with van der Waals surface area (Å²) in [4.78, 5) is 8.28. The minimum absolute atomic E-state index is 0.396. The third kappa shape index (κ3) is 2.98. The molecule has 1 rings (SSSR count). The Labute approximate surface area is 79.8 Å². The zero-order valence-electron chi connectivity index (χ0n) is 8.33. The Morgan fingerprint density at radius 1 is 1.62 bits per heavy atom. The average Bonchev–Trinajstić information content (AvgIpc) is 2.57. The monoisotopic (exact) mass is 176 g/mol. The Bertz CT molecular complexity index is 270. The smallest absolute Gasteiger partial charge is 0.0604 e. The van der Waals surface area contributed by atoms with Crippen LogP contribution in [0.5, 0.6) is 0 Å². The summed E-state index contributed by atoms with van der Waals surface area (Å²) in [6, 6.07) is 0. The second kappa shape index (κ2) is 4.75. The first-order valence-corrected chi connectivity index (χ1v) is 4.64. The lowest BCUT2D eigenvalue weighted by Crippen LogP contribution is -1.91. The molecule has 2 nitrogen and oxygen atoms in total. The summed E-state index contributed by atoms with van der Waals surface area (Å²) in [6.07, 6.45) is 8.20. The SMILES string of the molecule is C=N/C(=C\N=C1\C=CCC1)C(C)C. The van der Waals surface area contributed by atoms with Gasteiger partial charge in [0.05, 0.1) is 5.70 Å². The van der Waals surface area contributed by atoms with E-state index in [-0.39, 0.29) is 0 Å². The quantitative estimate of drug-likeness (QED) is 0.591. The van der Waals surface area contributed by atoms with E-state index in [0.717, 1.165) is 24.3 Å². The van der Waals surface area contributed by atoms with E-state index >= 15 is 0 Å². The number of hydrogen-bond acceptors (Lipinski definition) is 2. The lowest BCUT2D eigenvalue weighted by molar-refractivity contribution is 0.756. The lowest BCUT2D eigenvalue weighted by atomic mass is 10.1. The van der Waals surface area contributed by atoms with Gasteiger partial charge >= 0.3 is 0 Å². The van der Waals surface area contributed by atoms with E-state index in [0.29, 0.717) is 5.92 Å². The molecule has 0 atom stereocenters. The van der Waals surface area contributed by atoms with Gasteiger partial charge in [0.15, 0.2) is 0 Å². The first-order chi connectivity index (χ1) is 6.24. The molecule has 0 unspecified atom stereocenters. The van der Waals surface area contributed by atoms with E-state index in [2.05, 4.69) is 42.7 Å². The van der Waals surface area contributed by atoms with Crippen LogP contribution >= 0.6 is 0 Å². The highest BCUT2D eigenvalue weighted by Gasteiger charge is 2.01. The fourth-order valence-electron chi connectivity index (χ4n) is 1.16. The molecule has 2 heteroatoms. The van der Waals surface area contributed by atoms with Gasteiger partial charge in [-0.1, -0.05) is 19.9 Å². The predicted octanol–water partition coefficient (Wildman–Crippen LogP) is 2.98. The van der Waals surface area contributed by atoms with Crippen molar-refractivity contribution in [2.75, 3.05) is 0 Å². The molecule has 0 saturated carbocycles. The van der Waals surface area contributed by atoms with E-state index in [1.54, 1.807) is 0 Å². The second-order valence-electron chi connectivity index (χ2n) is 3.43. The molecule has 0 aromatic rings. The molecular formula is C11H16N2. The van der Waals surface area contributed by atoms with E-state index in [1.807, 2.05) is 6.20 Å². The van der Waals surface area contributed by atoms with Gasteiger partial charge in [0.2, 0.25) is 0 Å². The molecule has 0 aromatic heterocycles. The summed E-state index contributed by atoms with van der Waals surface area (Å²) in [5, 5.41) is 0. The van der Waals surface area contributed by atoms with Crippen LogP contribution in [0.1, 0.15) is 26.7 Å². The Balaban J connectivity index is 2.68. The van der Waals surface area contributed by atoms with Gasteiger partial charge in [0.1, 0.15) is 0 Å². The van der Waals surface area contributed by atoms with Crippen molar-refractivity contribution in [2.24, 2.45) is 15.9 Å². The van der Waals surface area contributed by atoms with Crippen molar-refractivity contribution in [1.29, 1.82) is 0 Å². The molecule has 70 valence electrons. The largest absolute Gasteiger partial charge is 0.267 e. The predicted molar refractivity (Wildman–Crippen MR) is 58.3 cm³/mol. The average molecular weight is 176 g/mol. The summed E-state index contributed by atoms with van der Waals surface area (Å²) < 4.78 is 0. The van der Waals surface area contributed by atoms with E-state index < -0.39 is 0 Å². The maximum atomic E-state index is 4.35. The van der Waals surface area contributed by atoms with Crippen molar-refractivity contribution >= 4 is 12.4 Å². The first kappa shape index (κ1) is 9.90. The molecule has 0 spiro atoms. The molecule has 0 fully saturated rings. The molecule has 0 N–H and O–H groups in total. The molecule has 1 aliphatic rings. The molecule has 13 heavy (non-hydrogen) atoms. The van der Waals surface area contributed by atoms with Crippen LogP contribution < -0.4 is 0 Å². The van der Waals surface area contributed by atoms with Crippen LogP contribution in [0.15, 0.2) is 34.0 Å². The van der Waals surface area contributed by atoms with Crippen molar-refractivity contribution in [1.82, 2.24) is 0 Å². The van der Waals surface area contributed by atoms with Gasteiger partial charge < -0.3 is 0 Å². The highest BCUT2D eigenvalue weighted by molar-refractivity contribution is 5.97. The van der Waals surface area contributed by atoms with E-state index in [1.165, 1.54) is 0 Å². The minimum atomic E-state index is 0.396. The van der Waals surface area contributed by atoms with Gasteiger partial charge in [-0.2, -0.15) is 0 Å². The highest BCUT2D eigenvalue weighted by Crippen LogP contribution is 2.12. The maximum Gasteiger partial charge on any atom is 0.0604 e. The van der Waals surface area contributed by atoms with Crippen molar-refractivity contribution in [2.45, 2.75) is 26.7 Å². The Morgan fingerprint density at radius 3 is 2.85 bits per heavy atom. The fourth-order valence-corrected chi connectivity index (χ4v) is 1.16. The summed E-state index contributed by atoms with van der Waals surface area (Å²) in [5.41, 5.74) is 2.09. The molecule has 0 aliphatic heterocycles. The summed E-state index contributed by atoms with van der Waals surface area (Å²) in [7, 11) is 0. The van der Waals surface area contributed by atoms with Crippen LogP contribution in [0.25, 0.3) is 0 Å². The number of aliphatic imine (C=N–C) groups is 2. The van der Waals surface area contributed by atoms with Crippen molar-refractivity contribution in [3.8, 4) is 0 Å². The Morgan fingerprint density at radius 2 is 2.38 bits per heavy atom. The molecule has 0 amide bonds. The standard InChI is InChI=1S/C11H16N2/c1-9(2)11(12-3)8-13-10-6-4-5-7-10/h4,6,8-9H,3,5,7H2,1-2H3/b11-8-,13-10-. The zero-order valence-corrected chi connectivity index (χ0v) is 8.33. The van der Waals surface area contributed by atoms with Gasteiger partial charge in [-0.25, -0.2) is 0 Å². The third-order valence-corrected chi connectivity index (χ3v) is 2.01. The topological polar surface area (TPSA) is 24.7 Å². The van der Waals surface area contributed by atoms with Gasteiger partial charge in [-0.3, -0.25) is 9.98 Å². The molecule has 0 radical (unpaired) electrons. The van der Waals surface area contributed by atoms with Gasteiger partial charge in [-0.15, -0.1) is 0 Å². The fraction of sp³-hybridized carbons (Fsp3) is 0.455. The molecule has 1 aliphatic carbocycles. The van der Waals surface area contributed by atoms with Gasteiger partial charge in [-0.05, 0) is 31.6 Å². The van der Waals surface area contributed by atoms with Crippen LogP contribution in [-0.4, -0.2) is 12.4 Å².